The zero-order chi connectivity index (χ0) is 19.5. The number of methoxy groups -OCH3 is 1. The second-order valence-electron chi connectivity index (χ2n) is 9.89. The first-order valence-electron chi connectivity index (χ1n) is 10.8. The molecule has 1 spiro atoms. The molecule has 2 fully saturated rings. The standard InChI is InChI=1S/C24H40N2O/c1-22(2,27-5)12-9-18-26-19-17-23(20-26)13-15-24(16-14-23,25(3)4)21-10-7-6-8-11-21/h6-8,10-11H,9,12-20H2,1-5H3. The van der Waals surface area contributed by atoms with Gasteiger partial charge in [0.25, 0.3) is 0 Å². The molecule has 0 aromatic heterocycles. The minimum absolute atomic E-state index is 0.0171. The maximum Gasteiger partial charge on any atom is 0.0623 e. The Bertz CT molecular complexity index is 588. The third-order valence-electron chi connectivity index (χ3n) is 7.63. The molecule has 0 radical (unpaired) electrons. The lowest BCUT2D eigenvalue weighted by molar-refractivity contribution is 0.0113. The topological polar surface area (TPSA) is 15.7 Å². The van der Waals surface area contributed by atoms with E-state index in [1.165, 1.54) is 63.7 Å². The summed E-state index contributed by atoms with van der Waals surface area (Å²) < 4.78 is 5.58. The molecule has 1 saturated carbocycles. The number of rotatable bonds is 7. The first kappa shape index (κ1) is 20.8. The molecule has 27 heavy (non-hydrogen) atoms. The zero-order valence-electron chi connectivity index (χ0n) is 18.3. The van der Waals surface area contributed by atoms with Gasteiger partial charge in [0.2, 0.25) is 0 Å². The van der Waals surface area contributed by atoms with Gasteiger partial charge in [0.15, 0.2) is 0 Å². The van der Waals surface area contributed by atoms with Gasteiger partial charge in [-0.1, -0.05) is 30.3 Å². The van der Waals surface area contributed by atoms with Crippen LogP contribution in [-0.2, 0) is 10.3 Å². The largest absolute Gasteiger partial charge is 0.379 e. The minimum Gasteiger partial charge on any atom is -0.379 e. The molecule has 1 aromatic rings. The number of ether oxygens (including phenoxy) is 1. The highest BCUT2D eigenvalue weighted by Crippen LogP contribution is 2.51. The molecule has 0 N–H and O–H groups in total. The van der Waals surface area contributed by atoms with Crippen molar-refractivity contribution < 1.29 is 4.74 Å². The van der Waals surface area contributed by atoms with Crippen molar-refractivity contribution in [3.8, 4) is 0 Å². The molecule has 152 valence electrons. The van der Waals surface area contributed by atoms with Crippen molar-refractivity contribution in [2.24, 2.45) is 5.41 Å². The smallest absolute Gasteiger partial charge is 0.0623 e. The summed E-state index contributed by atoms with van der Waals surface area (Å²) in [4.78, 5) is 5.20. The van der Waals surface area contributed by atoms with Crippen LogP contribution in [0.1, 0.15) is 64.4 Å². The van der Waals surface area contributed by atoms with Gasteiger partial charge in [0.1, 0.15) is 0 Å². The van der Waals surface area contributed by atoms with Crippen LogP contribution in [0.2, 0.25) is 0 Å². The summed E-state index contributed by atoms with van der Waals surface area (Å²) in [7, 11) is 6.36. The zero-order valence-corrected chi connectivity index (χ0v) is 18.3. The van der Waals surface area contributed by atoms with E-state index in [1.807, 2.05) is 7.11 Å². The Labute approximate surface area is 167 Å². The number of likely N-dealkylation sites (tertiary alicyclic amines) is 1. The average Bonchev–Trinajstić information content (AvgIpc) is 3.05. The van der Waals surface area contributed by atoms with E-state index in [1.54, 1.807) is 0 Å². The summed E-state index contributed by atoms with van der Waals surface area (Å²) in [6.45, 7) is 8.21. The van der Waals surface area contributed by atoms with Crippen LogP contribution in [0.15, 0.2) is 30.3 Å². The van der Waals surface area contributed by atoms with Gasteiger partial charge in [-0.25, -0.2) is 0 Å². The third kappa shape index (κ3) is 4.58. The Morgan fingerprint density at radius 3 is 2.30 bits per heavy atom. The Kier molecular flexibility index (Phi) is 6.34. The summed E-state index contributed by atoms with van der Waals surface area (Å²) in [5, 5.41) is 0. The van der Waals surface area contributed by atoms with Gasteiger partial charge in [-0.3, -0.25) is 4.90 Å². The second-order valence-corrected chi connectivity index (χ2v) is 9.89. The first-order valence-corrected chi connectivity index (χ1v) is 10.8. The molecule has 0 amide bonds. The van der Waals surface area contributed by atoms with E-state index in [4.69, 9.17) is 4.74 Å². The maximum absolute atomic E-state index is 5.58. The van der Waals surface area contributed by atoms with Gasteiger partial charge in [0, 0.05) is 19.2 Å². The van der Waals surface area contributed by atoms with Crippen LogP contribution in [-0.4, -0.2) is 56.2 Å². The molecule has 3 rings (SSSR count). The molecule has 2 aliphatic rings. The van der Waals surface area contributed by atoms with Crippen molar-refractivity contribution in [3.63, 3.8) is 0 Å². The number of hydrogen-bond acceptors (Lipinski definition) is 3. The lowest BCUT2D eigenvalue weighted by atomic mass is 9.64. The summed E-state index contributed by atoms with van der Waals surface area (Å²) in [6.07, 6.45) is 9.07. The Hall–Kier alpha value is -0.900. The highest BCUT2D eigenvalue weighted by molar-refractivity contribution is 5.26. The van der Waals surface area contributed by atoms with E-state index < -0.39 is 0 Å². The van der Waals surface area contributed by atoms with Gasteiger partial charge in [-0.15, -0.1) is 0 Å². The van der Waals surface area contributed by atoms with Crippen LogP contribution in [0, 0.1) is 5.41 Å². The Morgan fingerprint density at radius 2 is 1.70 bits per heavy atom. The molecule has 1 aliphatic carbocycles. The van der Waals surface area contributed by atoms with Gasteiger partial charge < -0.3 is 9.64 Å². The van der Waals surface area contributed by atoms with Crippen LogP contribution in [0.4, 0.5) is 0 Å². The fourth-order valence-electron chi connectivity index (χ4n) is 5.39. The van der Waals surface area contributed by atoms with Crippen molar-refractivity contribution in [1.82, 2.24) is 9.80 Å². The van der Waals surface area contributed by atoms with Gasteiger partial charge >= 0.3 is 0 Å². The molecule has 3 heteroatoms. The third-order valence-corrected chi connectivity index (χ3v) is 7.63. The second kappa shape index (κ2) is 8.23. The molecular weight excluding hydrogens is 332 g/mol. The number of nitrogens with zero attached hydrogens (tertiary/aromatic N) is 2. The summed E-state index contributed by atoms with van der Waals surface area (Å²) in [5.41, 5.74) is 2.30. The van der Waals surface area contributed by atoms with Crippen molar-refractivity contribution in [1.29, 1.82) is 0 Å². The molecule has 3 nitrogen and oxygen atoms in total. The van der Waals surface area contributed by atoms with Crippen LogP contribution >= 0.6 is 0 Å². The van der Waals surface area contributed by atoms with Gasteiger partial charge in [-0.2, -0.15) is 0 Å². The van der Waals surface area contributed by atoms with E-state index in [9.17, 15) is 0 Å². The monoisotopic (exact) mass is 372 g/mol. The molecule has 0 unspecified atom stereocenters. The predicted molar refractivity (Wildman–Crippen MR) is 114 cm³/mol. The predicted octanol–water partition coefficient (Wildman–Crippen LogP) is 4.91. The van der Waals surface area contributed by atoms with Crippen LogP contribution in [0.25, 0.3) is 0 Å². The SMILES string of the molecule is COC(C)(C)CCCN1CCC2(CCC(c3ccccc3)(N(C)C)CC2)C1. The van der Waals surface area contributed by atoms with E-state index >= 15 is 0 Å². The Balaban J connectivity index is 1.57. The van der Waals surface area contributed by atoms with E-state index in [0.29, 0.717) is 5.41 Å². The van der Waals surface area contributed by atoms with Crippen molar-refractivity contribution in [2.45, 2.75) is 69.9 Å². The molecule has 1 aromatic carbocycles. The molecule has 0 bridgehead atoms. The highest BCUT2D eigenvalue weighted by atomic mass is 16.5. The fraction of sp³-hybridized carbons (Fsp3) is 0.750. The van der Waals surface area contributed by atoms with Crippen LogP contribution < -0.4 is 0 Å². The van der Waals surface area contributed by atoms with Crippen molar-refractivity contribution in [2.75, 3.05) is 40.8 Å². The molecule has 1 heterocycles. The Morgan fingerprint density at radius 1 is 1.04 bits per heavy atom. The first-order chi connectivity index (χ1) is 12.8. The number of hydrogen-bond donors (Lipinski definition) is 0. The van der Waals surface area contributed by atoms with E-state index in [-0.39, 0.29) is 11.1 Å². The molecule has 1 saturated heterocycles. The molecular formula is C24H40N2O. The van der Waals surface area contributed by atoms with E-state index in [0.717, 1.165) is 6.42 Å². The van der Waals surface area contributed by atoms with Crippen molar-refractivity contribution >= 4 is 0 Å². The maximum atomic E-state index is 5.58. The van der Waals surface area contributed by atoms with Crippen molar-refractivity contribution in [3.05, 3.63) is 35.9 Å². The summed E-state index contributed by atoms with van der Waals surface area (Å²) >= 11 is 0. The minimum atomic E-state index is 0.0171. The highest BCUT2D eigenvalue weighted by Gasteiger charge is 2.47. The molecule has 0 atom stereocenters. The number of benzene rings is 1. The van der Waals surface area contributed by atoms with Crippen LogP contribution in [0.5, 0.6) is 0 Å². The average molecular weight is 373 g/mol. The lowest BCUT2D eigenvalue weighted by Crippen LogP contribution is -2.47. The van der Waals surface area contributed by atoms with Gasteiger partial charge in [0.05, 0.1) is 5.60 Å². The van der Waals surface area contributed by atoms with E-state index in [2.05, 4.69) is 68.1 Å². The summed E-state index contributed by atoms with van der Waals surface area (Å²) in [6, 6.07) is 11.2. The molecule has 1 aliphatic heterocycles. The lowest BCUT2D eigenvalue weighted by Gasteiger charge is -2.49. The fourth-order valence-corrected chi connectivity index (χ4v) is 5.39. The van der Waals surface area contributed by atoms with Gasteiger partial charge in [-0.05, 0) is 97.0 Å². The normalized spacial score (nSPS) is 29.7. The quantitative estimate of drug-likeness (QED) is 0.676. The van der Waals surface area contributed by atoms with Crippen LogP contribution in [0.3, 0.4) is 0 Å². The summed E-state index contributed by atoms with van der Waals surface area (Å²) in [5.74, 6) is 0.